The van der Waals surface area contributed by atoms with E-state index in [1.54, 1.807) is 0 Å². The molecular weight excluding hydrogens is 434 g/mol. The number of ether oxygens (including phenoxy) is 1. The van der Waals surface area contributed by atoms with E-state index < -0.39 is 0 Å². The molecule has 2 aromatic heterocycles. The number of nitrogens with zero attached hydrogens (tertiary/aromatic N) is 3. The Hall–Kier alpha value is -3.32. The lowest BCUT2D eigenvalue weighted by Gasteiger charge is -2.19. The van der Waals surface area contributed by atoms with Gasteiger partial charge in [0.05, 0.1) is 11.8 Å². The van der Waals surface area contributed by atoms with Crippen LogP contribution in [0.3, 0.4) is 0 Å². The van der Waals surface area contributed by atoms with Crippen LogP contribution in [0.2, 0.25) is 0 Å². The molecule has 0 aliphatic rings. The molecule has 0 amide bonds. The van der Waals surface area contributed by atoms with E-state index in [0.29, 0.717) is 11.1 Å². The Bertz CT molecular complexity index is 1250. The van der Waals surface area contributed by atoms with Gasteiger partial charge in [0.25, 0.3) is 11.1 Å². The van der Waals surface area contributed by atoms with Crippen molar-refractivity contribution in [2.24, 2.45) is 0 Å². The minimum Gasteiger partial charge on any atom is -0.484 e. The number of benzene rings is 2. The molecule has 7 heteroatoms. The van der Waals surface area contributed by atoms with Crippen LogP contribution in [-0.2, 0) is 6.61 Å². The average molecular weight is 462 g/mol. The Morgan fingerprint density at radius 1 is 1.06 bits per heavy atom. The molecule has 0 spiro atoms. The maximum atomic E-state index is 13.0. The van der Waals surface area contributed by atoms with Crippen molar-refractivity contribution in [3.63, 3.8) is 0 Å². The number of carbonyl (C=O) groups is 1. The molecule has 0 N–H and O–H groups in total. The molecule has 0 saturated carbocycles. The SMILES string of the molecule is Cc1cccc(OCc2nnc(SCC(=O)c3cc(C)n(C(C)c4ccccc4)c3C)o2)c1. The van der Waals surface area contributed by atoms with Crippen molar-refractivity contribution in [3.05, 3.63) is 94.6 Å². The van der Waals surface area contributed by atoms with Gasteiger partial charge in [-0.1, -0.05) is 54.2 Å². The van der Waals surface area contributed by atoms with Gasteiger partial charge >= 0.3 is 0 Å². The third kappa shape index (κ3) is 5.37. The van der Waals surface area contributed by atoms with Gasteiger partial charge in [-0.3, -0.25) is 4.79 Å². The zero-order chi connectivity index (χ0) is 23.4. The molecule has 2 heterocycles. The monoisotopic (exact) mass is 461 g/mol. The topological polar surface area (TPSA) is 70.2 Å². The second-order valence-corrected chi connectivity index (χ2v) is 8.95. The molecule has 1 unspecified atom stereocenters. The lowest BCUT2D eigenvalue weighted by Crippen LogP contribution is -2.11. The van der Waals surface area contributed by atoms with Gasteiger partial charge in [0.1, 0.15) is 5.75 Å². The Morgan fingerprint density at radius 2 is 1.85 bits per heavy atom. The highest BCUT2D eigenvalue weighted by Gasteiger charge is 2.20. The first-order valence-corrected chi connectivity index (χ1v) is 11.8. The predicted octanol–water partition coefficient (Wildman–Crippen LogP) is 5.96. The quantitative estimate of drug-likeness (QED) is 0.226. The van der Waals surface area contributed by atoms with Crippen molar-refractivity contribution in [2.45, 2.75) is 45.6 Å². The number of aromatic nitrogens is 3. The number of thioether (sulfide) groups is 1. The summed E-state index contributed by atoms with van der Waals surface area (Å²) in [4.78, 5) is 13.0. The fourth-order valence-electron chi connectivity index (χ4n) is 3.95. The largest absolute Gasteiger partial charge is 0.484 e. The maximum absolute atomic E-state index is 13.0. The summed E-state index contributed by atoms with van der Waals surface area (Å²) < 4.78 is 13.5. The number of aryl methyl sites for hydroxylation is 2. The van der Waals surface area contributed by atoms with Gasteiger partial charge in [0.15, 0.2) is 12.4 Å². The van der Waals surface area contributed by atoms with E-state index in [4.69, 9.17) is 9.15 Å². The zero-order valence-electron chi connectivity index (χ0n) is 19.2. The molecule has 0 fully saturated rings. The number of Topliss-reactive ketones (excluding diaryl/α,β-unsaturated/α-hetero) is 1. The molecule has 1 atom stereocenters. The van der Waals surface area contributed by atoms with Gasteiger partial charge in [-0.25, -0.2) is 0 Å². The van der Waals surface area contributed by atoms with Crippen LogP contribution in [0.25, 0.3) is 0 Å². The van der Waals surface area contributed by atoms with Gasteiger partial charge in [-0.05, 0) is 57.0 Å². The summed E-state index contributed by atoms with van der Waals surface area (Å²) in [7, 11) is 0. The highest BCUT2D eigenvalue weighted by Crippen LogP contribution is 2.27. The van der Waals surface area contributed by atoms with Crippen molar-refractivity contribution in [2.75, 3.05) is 5.75 Å². The van der Waals surface area contributed by atoms with Crippen molar-refractivity contribution < 1.29 is 13.9 Å². The fraction of sp³-hybridized carbons (Fsp3) is 0.269. The highest BCUT2D eigenvalue weighted by molar-refractivity contribution is 7.99. The summed E-state index contributed by atoms with van der Waals surface area (Å²) >= 11 is 1.24. The Morgan fingerprint density at radius 3 is 2.61 bits per heavy atom. The van der Waals surface area contributed by atoms with Crippen LogP contribution in [0.15, 0.2) is 70.3 Å². The fourth-order valence-corrected chi connectivity index (χ4v) is 4.61. The first kappa shape index (κ1) is 22.9. The number of ketones is 1. The minimum atomic E-state index is 0.0374. The maximum Gasteiger partial charge on any atom is 0.277 e. The van der Waals surface area contributed by atoms with Crippen molar-refractivity contribution in [1.29, 1.82) is 0 Å². The average Bonchev–Trinajstić information content (AvgIpc) is 3.40. The highest BCUT2D eigenvalue weighted by atomic mass is 32.2. The number of hydrogen-bond donors (Lipinski definition) is 0. The molecule has 0 saturated heterocycles. The van der Waals surface area contributed by atoms with E-state index >= 15 is 0 Å². The van der Waals surface area contributed by atoms with E-state index in [0.717, 1.165) is 28.3 Å². The lowest BCUT2D eigenvalue weighted by molar-refractivity contribution is 0.102. The molecule has 2 aromatic carbocycles. The predicted molar refractivity (Wildman–Crippen MR) is 129 cm³/mol. The minimum absolute atomic E-state index is 0.0374. The molecule has 0 bridgehead atoms. The number of hydrogen-bond acceptors (Lipinski definition) is 6. The van der Waals surface area contributed by atoms with Crippen LogP contribution in [-0.4, -0.2) is 26.3 Å². The van der Waals surface area contributed by atoms with Crippen LogP contribution in [0.4, 0.5) is 0 Å². The second kappa shape index (κ2) is 10.1. The summed E-state index contributed by atoms with van der Waals surface area (Å²) in [6, 6.07) is 20.2. The summed E-state index contributed by atoms with van der Waals surface area (Å²) in [6.45, 7) is 8.37. The van der Waals surface area contributed by atoms with Gasteiger partial charge in [-0.2, -0.15) is 0 Å². The van der Waals surface area contributed by atoms with Crippen molar-refractivity contribution >= 4 is 17.5 Å². The third-order valence-corrected chi connectivity index (χ3v) is 6.40. The summed E-state index contributed by atoms with van der Waals surface area (Å²) in [5, 5.41) is 8.41. The van der Waals surface area contributed by atoms with Crippen LogP contribution >= 0.6 is 11.8 Å². The van der Waals surface area contributed by atoms with Gasteiger partial charge in [0, 0.05) is 17.0 Å². The van der Waals surface area contributed by atoms with Crippen LogP contribution in [0.5, 0.6) is 5.75 Å². The van der Waals surface area contributed by atoms with Gasteiger partial charge < -0.3 is 13.7 Å². The van der Waals surface area contributed by atoms with Crippen molar-refractivity contribution in [1.82, 2.24) is 14.8 Å². The van der Waals surface area contributed by atoms with Gasteiger partial charge in [-0.15, -0.1) is 10.2 Å². The molecule has 4 aromatic rings. The molecule has 170 valence electrons. The van der Waals surface area contributed by atoms with Crippen LogP contribution in [0, 0.1) is 20.8 Å². The molecule has 4 rings (SSSR count). The first-order valence-electron chi connectivity index (χ1n) is 10.8. The van der Waals surface area contributed by atoms with E-state index in [9.17, 15) is 4.79 Å². The second-order valence-electron chi connectivity index (χ2n) is 8.02. The summed E-state index contributed by atoms with van der Waals surface area (Å²) in [5.74, 6) is 1.39. The molecule has 0 aliphatic heterocycles. The van der Waals surface area contributed by atoms with Crippen molar-refractivity contribution in [3.8, 4) is 5.75 Å². The summed E-state index contributed by atoms with van der Waals surface area (Å²) in [6.07, 6.45) is 0. The number of carbonyl (C=O) groups excluding carboxylic acids is 1. The van der Waals surface area contributed by atoms with Crippen LogP contribution in [0.1, 0.15) is 51.7 Å². The molecule has 0 aliphatic carbocycles. The molecule has 33 heavy (non-hydrogen) atoms. The lowest BCUT2D eigenvalue weighted by atomic mass is 10.1. The van der Waals surface area contributed by atoms with E-state index in [1.165, 1.54) is 17.3 Å². The molecule has 6 nitrogen and oxygen atoms in total. The normalized spacial score (nSPS) is 12.0. The standard InChI is InChI=1S/C26H27N3O3S/c1-17-9-8-12-22(13-17)31-15-25-27-28-26(32-25)33-16-24(30)23-14-18(2)29(20(23)4)19(3)21-10-6-5-7-11-21/h5-14,19H,15-16H2,1-4H3. The smallest absolute Gasteiger partial charge is 0.277 e. The first-order chi connectivity index (χ1) is 15.9. The molecule has 0 radical (unpaired) electrons. The Balaban J connectivity index is 1.37. The van der Waals surface area contributed by atoms with E-state index in [1.807, 2.05) is 69.3 Å². The van der Waals surface area contributed by atoms with E-state index in [-0.39, 0.29) is 24.2 Å². The van der Waals surface area contributed by atoms with Gasteiger partial charge in [0.2, 0.25) is 0 Å². The molecular formula is C26H27N3O3S. The van der Waals surface area contributed by atoms with E-state index in [2.05, 4.69) is 33.8 Å². The Kier molecular flexibility index (Phi) is 6.99. The zero-order valence-corrected chi connectivity index (χ0v) is 20.1. The number of rotatable bonds is 9. The Labute approximate surface area is 198 Å². The third-order valence-electron chi connectivity index (χ3n) is 5.58. The summed E-state index contributed by atoms with van der Waals surface area (Å²) in [5.41, 5.74) is 5.08. The van der Waals surface area contributed by atoms with Crippen LogP contribution < -0.4 is 4.74 Å².